The number of amides is 1. The van der Waals surface area contributed by atoms with Crippen LogP contribution >= 0.6 is 0 Å². The largest absolute Gasteiger partial charge is 0.410 e. The summed E-state index contributed by atoms with van der Waals surface area (Å²) in [4.78, 5) is 14.8. The fourth-order valence-electron chi connectivity index (χ4n) is 4.78. The van der Waals surface area contributed by atoms with E-state index >= 15 is 0 Å². The maximum atomic E-state index is 13.9. The zero-order valence-electron chi connectivity index (χ0n) is 17.8. The molecular weight excluding hydrogens is 397 g/mol. The number of halogens is 3. The first-order valence-corrected chi connectivity index (χ1v) is 10.9. The maximum absolute atomic E-state index is 13.9. The molecule has 168 valence electrons. The van der Waals surface area contributed by atoms with Gasteiger partial charge in [-0.2, -0.15) is 18.3 Å². The lowest BCUT2D eigenvalue weighted by atomic mass is 9.82. The van der Waals surface area contributed by atoms with Crippen molar-refractivity contribution < 1.29 is 22.7 Å². The number of carbonyl (C=O) groups excluding carboxylic acids is 1. The molecule has 3 aliphatic rings. The number of carbonyl (C=O) groups is 1. The van der Waals surface area contributed by atoms with Gasteiger partial charge in [-0.1, -0.05) is 20.8 Å². The number of rotatable bonds is 2. The minimum Gasteiger partial charge on any atom is -0.368 e. The van der Waals surface area contributed by atoms with Gasteiger partial charge < -0.3 is 15.0 Å². The number of hydrogen-bond acceptors (Lipinski definition) is 4. The number of anilines is 1. The van der Waals surface area contributed by atoms with E-state index in [1.807, 2.05) is 20.8 Å². The number of hydrogen-bond donors (Lipinski definition) is 1. The highest BCUT2D eigenvalue weighted by molar-refractivity contribution is 5.81. The maximum Gasteiger partial charge on any atom is 0.410 e. The number of alkyl halides is 3. The van der Waals surface area contributed by atoms with Gasteiger partial charge in [0.15, 0.2) is 6.04 Å². The summed E-state index contributed by atoms with van der Waals surface area (Å²) < 4.78 is 48.3. The number of nitrogens with one attached hydrogen (secondary N) is 1. The first-order chi connectivity index (χ1) is 14.1. The molecule has 4 heterocycles. The monoisotopic (exact) mass is 428 g/mol. The van der Waals surface area contributed by atoms with Crippen LogP contribution in [-0.2, 0) is 9.53 Å². The van der Waals surface area contributed by atoms with Gasteiger partial charge in [0, 0.05) is 25.3 Å². The van der Waals surface area contributed by atoms with Crippen LogP contribution in [0.1, 0.15) is 77.1 Å². The Hall–Kier alpha value is -1.77. The molecule has 4 rings (SSSR count). The van der Waals surface area contributed by atoms with Gasteiger partial charge >= 0.3 is 6.18 Å². The quantitative estimate of drug-likeness (QED) is 0.756. The summed E-state index contributed by atoms with van der Waals surface area (Å²) in [6.07, 6.45) is -0.816. The molecule has 0 spiro atoms. The van der Waals surface area contributed by atoms with Crippen LogP contribution in [0.25, 0.3) is 0 Å². The number of piperidine rings is 1. The fourth-order valence-corrected chi connectivity index (χ4v) is 4.78. The molecule has 0 bridgehead atoms. The van der Waals surface area contributed by atoms with Gasteiger partial charge in [0.05, 0.1) is 11.7 Å². The molecular formula is C21H31F3N4O2. The van der Waals surface area contributed by atoms with Gasteiger partial charge in [0.2, 0.25) is 0 Å². The average Bonchev–Trinajstić information content (AvgIpc) is 3.34. The zero-order chi connectivity index (χ0) is 21.7. The minimum absolute atomic E-state index is 0.0592. The summed E-state index contributed by atoms with van der Waals surface area (Å²) in [5.74, 6) is 0.324. The Balaban J connectivity index is 1.65. The molecule has 30 heavy (non-hydrogen) atoms. The molecule has 0 saturated carbocycles. The number of aromatic nitrogens is 2. The predicted octanol–water partition coefficient (Wildman–Crippen LogP) is 4.45. The van der Waals surface area contributed by atoms with Gasteiger partial charge in [-0.3, -0.25) is 4.79 Å². The third kappa shape index (κ3) is 4.05. The third-order valence-corrected chi connectivity index (χ3v) is 6.59. The Morgan fingerprint density at radius 3 is 2.60 bits per heavy atom. The van der Waals surface area contributed by atoms with Crippen molar-refractivity contribution in [2.75, 3.05) is 18.5 Å². The van der Waals surface area contributed by atoms with Gasteiger partial charge in [0.1, 0.15) is 11.9 Å². The van der Waals surface area contributed by atoms with Crippen molar-refractivity contribution in [3.63, 3.8) is 0 Å². The second kappa shape index (κ2) is 7.73. The Labute approximate surface area is 175 Å². The van der Waals surface area contributed by atoms with E-state index in [0.29, 0.717) is 37.5 Å². The summed E-state index contributed by atoms with van der Waals surface area (Å²) >= 11 is 0. The molecule has 3 aliphatic heterocycles. The molecule has 1 aromatic rings. The molecule has 1 aromatic heterocycles. The summed E-state index contributed by atoms with van der Waals surface area (Å²) in [7, 11) is 0. The van der Waals surface area contributed by atoms with Crippen molar-refractivity contribution in [3.05, 3.63) is 11.8 Å². The van der Waals surface area contributed by atoms with Crippen molar-refractivity contribution >= 4 is 11.7 Å². The molecule has 1 amide bonds. The molecule has 0 radical (unpaired) electrons. The van der Waals surface area contributed by atoms with Crippen LogP contribution in [0.3, 0.4) is 0 Å². The average molecular weight is 428 g/mol. The predicted molar refractivity (Wildman–Crippen MR) is 106 cm³/mol. The summed E-state index contributed by atoms with van der Waals surface area (Å²) in [6, 6.07) is -0.588. The van der Waals surface area contributed by atoms with Crippen molar-refractivity contribution in [2.45, 2.75) is 89.7 Å². The number of nitrogens with zero attached hydrogens (tertiary/aromatic N) is 3. The fraction of sp³-hybridized carbons (Fsp3) is 0.810. The lowest BCUT2D eigenvalue weighted by Crippen LogP contribution is -2.45. The Morgan fingerprint density at radius 1 is 1.20 bits per heavy atom. The van der Waals surface area contributed by atoms with E-state index in [-0.39, 0.29) is 29.8 Å². The highest BCUT2D eigenvalue weighted by Gasteiger charge is 2.48. The van der Waals surface area contributed by atoms with E-state index in [9.17, 15) is 18.0 Å². The summed E-state index contributed by atoms with van der Waals surface area (Å²) in [5.41, 5.74) is 0.207. The lowest BCUT2D eigenvalue weighted by Gasteiger charge is -2.39. The van der Waals surface area contributed by atoms with Crippen LogP contribution in [0.5, 0.6) is 0 Å². The first-order valence-electron chi connectivity index (χ1n) is 10.9. The van der Waals surface area contributed by atoms with E-state index in [1.165, 1.54) is 0 Å². The topological polar surface area (TPSA) is 59.4 Å². The van der Waals surface area contributed by atoms with E-state index in [0.717, 1.165) is 23.9 Å². The second-order valence-electron chi connectivity index (χ2n) is 9.80. The molecule has 0 aromatic carbocycles. The van der Waals surface area contributed by atoms with Gasteiger partial charge in [-0.15, -0.1) is 0 Å². The van der Waals surface area contributed by atoms with Crippen molar-refractivity contribution in [3.8, 4) is 0 Å². The molecule has 9 heteroatoms. The number of fused-ring (bicyclic) bond motifs is 1. The van der Waals surface area contributed by atoms with E-state index < -0.39 is 18.3 Å². The highest BCUT2D eigenvalue weighted by Crippen LogP contribution is 2.44. The SMILES string of the molecule is CC(C)(C)[C@@H]1C[C@H](C(F)(F)F)n2nc([C@@H]3CCCCN3C(=O)[C@H]3CCCO3)cc2N1. The number of ether oxygens (including phenoxy) is 1. The van der Waals surface area contributed by atoms with Crippen LogP contribution in [0.4, 0.5) is 19.0 Å². The van der Waals surface area contributed by atoms with Gasteiger partial charge in [-0.05, 0) is 43.9 Å². The Morgan fingerprint density at radius 2 is 1.97 bits per heavy atom. The number of likely N-dealkylation sites (tertiary alicyclic amines) is 1. The van der Waals surface area contributed by atoms with Crippen molar-refractivity contribution in [1.29, 1.82) is 0 Å². The van der Waals surface area contributed by atoms with E-state index in [4.69, 9.17) is 4.74 Å². The van der Waals surface area contributed by atoms with Crippen LogP contribution in [0, 0.1) is 5.41 Å². The summed E-state index contributed by atoms with van der Waals surface area (Å²) in [6.45, 7) is 6.99. The molecule has 0 unspecified atom stereocenters. The van der Waals surface area contributed by atoms with E-state index in [1.54, 1.807) is 11.0 Å². The third-order valence-electron chi connectivity index (χ3n) is 6.59. The van der Waals surface area contributed by atoms with Gasteiger partial charge in [-0.25, -0.2) is 4.68 Å². The van der Waals surface area contributed by atoms with Crippen LogP contribution in [0.15, 0.2) is 6.07 Å². The molecule has 4 atom stereocenters. The normalized spacial score (nSPS) is 30.1. The Kier molecular flexibility index (Phi) is 5.53. The lowest BCUT2D eigenvalue weighted by molar-refractivity contribution is -0.175. The summed E-state index contributed by atoms with van der Waals surface area (Å²) in [5, 5.41) is 7.67. The second-order valence-corrected chi connectivity index (χ2v) is 9.80. The zero-order valence-corrected chi connectivity index (χ0v) is 17.8. The van der Waals surface area contributed by atoms with Crippen LogP contribution < -0.4 is 5.32 Å². The molecule has 0 aliphatic carbocycles. The standard InChI is InChI=1S/C21H31F3N4O2/c1-20(2,3)16-12-17(21(22,23)24)28-18(25-16)11-13(26-28)14-7-4-5-9-27(14)19(29)15-8-6-10-30-15/h11,14-17,25H,4-10,12H2,1-3H3/t14-,15+,16-,17+/m0/s1. The first kappa shape index (κ1) is 21.5. The van der Waals surface area contributed by atoms with Crippen LogP contribution in [0.2, 0.25) is 0 Å². The van der Waals surface area contributed by atoms with E-state index in [2.05, 4.69) is 10.4 Å². The highest BCUT2D eigenvalue weighted by atomic mass is 19.4. The molecule has 2 fully saturated rings. The van der Waals surface area contributed by atoms with Gasteiger partial charge in [0.25, 0.3) is 5.91 Å². The minimum atomic E-state index is -4.39. The smallest absolute Gasteiger partial charge is 0.368 e. The van der Waals surface area contributed by atoms with Crippen LogP contribution in [-0.4, -0.2) is 52.1 Å². The van der Waals surface area contributed by atoms with Crippen molar-refractivity contribution in [1.82, 2.24) is 14.7 Å². The molecule has 2 saturated heterocycles. The van der Waals surface area contributed by atoms with Crippen molar-refractivity contribution in [2.24, 2.45) is 5.41 Å². The molecule has 1 N–H and O–H groups in total. The Bertz CT molecular complexity index is 780. The molecule has 6 nitrogen and oxygen atoms in total.